The van der Waals surface area contributed by atoms with E-state index in [2.05, 4.69) is 20.6 Å². The van der Waals surface area contributed by atoms with Crippen molar-refractivity contribution in [1.82, 2.24) is 20.6 Å². The number of imidazole rings is 1. The molecule has 0 bridgehead atoms. The minimum atomic E-state index is -1.42. The minimum Gasteiger partial charge on any atom is -0.480 e. The number of aliphatic hydroxyl groups excluding tert-OH is 2. The lowest BCUT2D eigenvalue weighted by Gasteiger charge is -2.24. The molecule has 24 heavy (non-hydrogen) atoms. The molecule has 0 fully saturated rings. The molecule has 1 aromatic heterocycles. The summed E-state index contributed by atoms with van der Waals surface area (Å²) in [5, 5.41) is 32.1. The molecular weight excluding hydrogens is 322 g/mol. The summed E-state index contributed by atoms with van der Waals surface area (Å²) in [6.07, 6.45) is 1.42. The van der Waals surface area contributed by atoms with Gasteiger partial charge in [-0.3, -0.25) is 9.59 Å². The van der Waals surface area contributed by atoms with E-state index in [1.807, 2.05) is 0 Å². The normalized spacial score (nSPS) is 15.8. The van der Waals surface area contributed by atoms with Crippen LogP contribution < -0.4 is 16.4 Å². The molecule has 1 heterocycles. The molecule has 4 atom stereocenters. The molecule has 0 saturated heterocycles. The topological polar surface area (TPSA) is 191 Å². The molecule has 2 amide bonds. The maximum Gasteiger partial charge on any atom is 0.326 e. The van der Waals surface area contributed by atoms with Crippen LogP contribution in [0.1, 0.15) is 12.6 Å². The zero-order valence-corrected chi connectivity index (χ0v) is 13.0. The Morgan fingerprint density at radius 2 is 2.00 bits per heavy atom. The molecule has 0 aliphatic rings. The largest absolute Gasteiger partial charge is 0.480 e. The molecule has 1 aromatic rings. The van der Waals surface area contributed by atoms with Gasteiger partial charge in [0.15, 0.2) is 0 Å². The van der Waals surface area contributed by atoms with Crippen LogP contribution in [-0.2, 0) is 20.8 Å². The van der Waals surface area contributed by atoms with Crippen LogP contribution >= 0.6 is 0 Å². The van der Waals surface area contributed by atoms with Gasteiger partial charge in [0, 0.05) is 18.3 Å². The fraction of sp³-hybridized carbons (Fsp3) is 0.538. The molecular formula is C13H21N5O6. The number of H-pyrrole nitrogens is 1. The van der Waals surface area contributed by atoms with E-state index in [0.29, 0.717) is 5.69 Å². The van der Waals surface area contributed by atoms with Crippen molar-refractivity contribution < 1.29 is 29.7 Å². The molecule has 0 saturated carbocycles. The predicted octanol–water partition coefficient (Wildman–Crippen LogP) is -3.29. The molecule has 11 heteroatoms. The maximum atomic E-state index is 12.2. The van der Waals surface area contributed by atoms with Crippen molar-refractivity contribution in [3.63, 3.8) is 0 Å². The van der Waals surface area contributed by atoms with Crippen LogP contribution in [0.4, 0.5) is 0 Å². The molecule has 11 nitrogen and oxygen atoms in total. The number of aromatic amines is 1. The fourth-order valence-corrected chi connectivity index (χ4v) is 1.83. The molecule has 8 N–H and O–H groups in total. The molecule has 0 aromatic carbocycles. The highest BCUT2D eigenvalue weighted by Gasteiger charge is 2.31. The van der Waals surface area contributed by atoms with Gasteiger partial charge in [-0.1, -0.05) is 0 Å². The van der Waals surface area contributed by atoms with Gasteiger partial charge >= 0.3 is 5.97 Å². The van der Waals surface area contributed by atoms with E-state index in [9.17, 15) is 24.6 Å². The number of nitrogens with two attached hydrogens (primary N) is 1. The minimum absolute atomic E-state index is 0.0578. The van der Waals surface area contributed by atoms with Crippen LogP contribution in [0.5, 0.6) is 0 Å². The Kier molecular flexibility index (Phi) is 7.30. The van der Waals surface area contributed by atoms with Gasteiger partial charge in [-0.2, -0.15) is 0 Å². The molecule has 134 valence electrons. The highest BCUT2D eigenvalue weighted by molar-refractivity contribution is 5.92. The second-order valence-electron chi connectivity index (χ2n) is 5.20. The Bertz CT molecular complexity index is 561. The lowest BCUT2D eigenvalue weighted by Crippen LogP contribution is -2.58. The molecule has 0 spiro atoms. The second-order valence-corrected chi connectivity index (χ2v) is 5.20. The number of aliphatic hydroxyl groups is 2. The number of aliphatic carboxylic acids is 1. The Hall–Kier alpha value is -2.50. The predicted molar refractivity (Wildman–Crippen MR) is 80.5 cm³/mol. The van der Waals surface area contributed by atoms with Crippen LogP contribution in [0.3, 0.4) is 0 Å². The van der Waals surface area contributed by atoms with E-state index in [1.165, 1.54) is 19.4 Å². The summed E-state index contributed by atoms with van der Waals surface area (Å²) in [5.41, 5.74) is 5.81. The van der Waals surface area contributed by atoms with Gasteiger partial charge in [0.25, 0.3) is 0 Å². The van der Waals surface area contributed by atoms with Gasteiger partial charge < -0.3 is 36.7 Å². The van der Waals surface area contributed by atoms with E-state index in [0.717, 1.165) is 0 Å². The van der Waals surface area contributed by atoms with Gasteiger partial charge in [-0.05, 0) is 6.92 Å². The van der Waals surface area contributed by atoms with E-state index in [-0.39, 0.29) is 6.42 Å². The lowest BCUT2D eigenvalue weighted by molar-refractivity contribution is -0.143. The second kappa shape index (κ2) is 8.96. The van der Waals surface area contributed by atoms with E-state index in [4.69, 9.17) is 10.8 Å². The Labute approximate surface area is 137 Å². The number of carboxylic acid groups (broad SMARTS) is 1. The summed E-state index contributed by atoms with van der Waals surface area (Å²) in [6.45, 7) is 0.608. The number of carbonyl (C=O) groups is 3. The summed E-state index contributed by atoms with van der Waals surface area (Å²) in [5.74, 6) is -3.03. The number of nitrogens with one attached hydrogen (secondary N) is 3. The SMILES string of the molecule is CC(O)C(NC(=O)C(N)CO)C(=O)NC(Cc1cnc[nH]1)C(=O)O. The fourth-order valence-electron chi connectivity index (χ4n) is 1.83. The first-order chi connectivity index (χ1) is 11.3. The van der Waals surface area contributed by atoms with Crippen molar-refractivity contribution in [1.29, 1.82) is 0 Å². The number of aromatic nitrogens is 2. The highest BCUT2D eigenvalue weighted by Crippen LogP contribution is 2.01. The first kappa shape index (κ1) is 19.5. The van der Waals surface area contributed by atoms with Gasteiger partial charge in [0.05, 0.1) is 19.0 Å². The lowest BCUT2D eigenvalue weighted by atomic mass is 10.1. The van der Waals surface area contributed by atoms with E-state index >= 15 is 0 Å². The summed E-state index contributed by atoms with van der Waals surface area (Å²) in [7, 11) is 0. The van der Waals surface area contributed by atoms with Crippen molar-refractivity contribution in [2.24, 2.45) is 5.73 Å². The summed E-state index contributed by atoms with van der Waals surface area (Å²) in [6, 6.07) is -3.97. The summed E-state index contributed by atoms with van der Waals surface area (Å²) < 4.78 is 0. The molecule has 0 radical (unpaired) electrons. The number of hydrogen-bond acceptors (Lipinski definition) is 7. The smallest absolute Gasteiger partial charge is 0.326 e. The van der Waals surface area contributed by atoms with Crippen molar-refractivity contribution in [3.8, 4) is 0 Å². The molecule has 0 aliphatic heterocycles. The average Bonchev–Trinajstić information content (AvgIpc) is 3.03. The van der Waals surface area contributed by atoms with E-state index in [1.54, 1.807) is 0 Å². The van der Waals surface area contributed by atoms with Gasteiger partial charge in [0.2, 0.25) is 11.8 Å². The van der Waals surface area contributed by atoms with Crippen molar-refractivity contribution >= 4 is 17.8 Å². The van der Waals surface area contributed by atoms with Crippen LogP contribution in [0, 0.1) is 0 Å². The van der Waals surface area contributed by atoms with E-state index < -0.39 is 48.6 Å². The quantitative estimate of drug-likeness (QED) is 0.242. The Morgan fingerprint density at radius 1 is 1.33 bits per heavy atom. The summed E-state index contributed by atoms with van der Waals surface area (Å²) >= 11 is 0. The number of carboxylic acids is 1. The molecule has 4 unspecified atom stereocenters. The average molecular weight is 343 g/mol. The number of carbonyl (C=O) groups excluding carboxylic acids is 2. The molecule has 1 rings (SSSR count). The third kappa shape index (κ3) is 5.61. The van der Waals surface area contributed by atoms with Crippen molar-refractivity contribution in [2.75, 3.05) is 6.61 Å². The van der Waals surface area contributed by atoms with Crippen molar-refractivity contribution in [3.05, 3.63) is 18.2 Å². The Morgan fingerprint density at radius 3 is 2.46 bits per heavy atom. The third-order valence-electron chi connectivity index (χ3n) is 3.19. The van der Waals surface area contributed by atoms with Crippen LogP contribution in [-0.4, -0.2) is 73.9 Å². The third-order valence-corrected chi connectivity index (χ3v) is 3.19. The number of nitrogens with zero attached hydrogens (tertiary/aromatic N) is 1. The van der Waals surface area contributed by atoms with Crippen LogP contribution in [0.15, 0.2) is 12.5 Å². The summed E-state index contributed by atoms with van der Waals surface area (Å²) in [4.78, 5) is 41.6. The number of rotatable bonds is 9. The van der Waals surface area contributed by atoms with Crippen molar-refractivity contribution in [2.45, 2.75) is 37.6 Å². The monoisotopic (exact) mass is 343 g/mol. The van der Waals surface area contributed by atoms with Gasteiger partial charge in [-0.25, -0.2) is 9.78 Å². The Balaban J connectivity index is 2.77. The number of amides is 2. The van der Waals surface area contributed by atoms with Crippen LogP contribution in [0.25, 0.3) is 0 Å². The zero-order chi connectivity index (χ0) is 18.3. The maximum absolute atomic E-state index is 12.2. The number of hydrogen-bond donors (Lipinski definition) is 7. The van der Waals surface area contributed by atoms with Gasteiger partial charge in [-0.15, -0.1) is 0 Å². The first-order valence-electron chi connectivity index (χ1n) is 7.11. The van der Waals surface area contributed by atoms with Gasteiger partial charge in [0.1, 0.15) is 18.1 Å². The zero-order valence-electron chi connectivity index (χ0n) is 13.0. The molecule has 0 aliphatic carbocycles. The highest BCUT2D eigenvalue weighted by atomic mass is 16.4. The first-order valence-corrected chi connectivity index (χ1v) is 7.11. The van der Waals surface area contributed by atoms with Crippen LogP contribution in [0.2, 0.25) is 0 Å². The standard InChI is InChI=1S/C13H21N5O6/c1-6(20)10(18-11(21)8(14)4-19)12(22)17-9(13(23)24)2-7-3-15-5-16-7/h3,5-6,8-10,19-20H,2,4,14H2,1H3,(H,15,16)(H,17,22)(H,18,21)(H,23,24).